The minimum atomic E-state index is -4.08. The molecule has 3 nitrogen and oxygen atoms in total. The van der Waals surface area contributed by atoms with E-state index in [1.165, 1.54) is 11.3 Å². The summed E-state index contributed by atoms with van der Waals surface area (Å²) >= 11 is 1.53. The van der Waals surface area contributed by atoms with E-state index in [2.05, 4.69) is 4.98 Å². The maximum Gasteiger partial charge on any atom is 0.393 e. The number of thiazole rings is 1. The van der Waals surface area contributed by atoms with Gasteiger partial charge in [-0.05, 0) is 25.9 Å². The van der Waals surface area contributed by atoms with E-state index in [-0.39, 0.29) is 13.0 Å². The Bertz CT molecular complexity index is 405. The van der Waals surface area contributed by atoms with Crippen LogP contribution in [0.2, 0.25) is 0 Å². The second kappa shape index (κ2) is 6.19. The summed E-state index contributed by atoms with van der Waals surface area (Å²) in [5.74, 6) is -1.19. The van der Waals surface area contributed by atoms with Gasteiger partial charge in [-0.15, -0.1) is 11.3 Å². The summed E-state index contributed by atoms with van der Waals surface area (Å²) in [5.41, 5.74) is 6.31. The Balaban J connectivity index is 1.91. The van der Waals surface area contributed by atoms with Crippen molar-refractivity contribution in [3.63, 3.8) is 0 Å². The highest BCUT2D eigenvalue weighted by Crippen LogP contribution is 2.33. The third-order valence-corrected chi connectivity index (χ3v) is 4.27. The Kier molecular flexibility index (Phi) is 4.81. The Morgan fingerprint density at radius 1 is 1.47 bits per heavy atom. The number of alkyl halides is 3. The minimum Gasteiger partial charge on any atom is -0.330 e. The topological polar surface area (TPSA) is 42.1 Å². The number of rotatable bonds is 4. The lowest BCUT2D eigenvalue weighted by Gasteiger charge is -2.33. The van der Waals surface area contributed by atoms with Crippen LogP contribution in [0.25, 0.3) is 0 Å². The number of halogens is 3. The molecule has 19 heavy (non-hydrogen) atoms. The number of hydrogen-bond donors (Lipinski definition) is 1. The summed E-state index contributed by atoms with van der Waals surface area (Å²) in [6, 6.07) is 0. The molecule has 1 aliphatic heterocycles. The van der Waals surface area contributed by atoms with Gasteiger partial charge in [-0.1, -0.05) is 0 Å². The number of nitrogens with two attached hydrogens (primary N) is 1. The minimum absolute atomic E-state index is 0.0905. The Morgan fingerprint density at radius 2 is 2.26 bits per heavy atom. The molecule has 1 aromatic rings. The predicted octanol–water partition coefficient (Wildman–Crippen LogP) is 2.42. The zero-order valence-electron chi connectivity index (χ0n) is 10.6. The van der Waals surface area contributed by atoms with E-state index in [1.807, 2.05) is 10.3 Å². The normalized spacial score (nSPS) is 21.8. The van der Waals surface area contributed by atoms with E-state index in [4.69, 9.17) is 5.73 Å². The molecule has 0 spiro atoms. The van der Waals surface area contributed by atoms with Crippen molar-refractivity contribution in [3.05, 3.63) is 16.1 Å². The zero-order valence-corrected chi connectivity index (χ0v) is 11.4. The molecule has 2 N–H and O–H groups in total. The monoisotopic (exact) mass is 293 g/mol. The van der Waals surface area contributed by atoms with Gasteiger partial charge in [0.05, 0.1) is 16.6 Å². The quantitative estimate of drug-likeness (QED) is 0.927. The van der Waals surface area contributed by atoms with Crippen molar-refractivity contribution in [1.29, 1.82) is 0 Å². The second-order valence-electron chi connectivity index (χ2n) is 4.89. The summed E-state index contributed by atoms with van der Waals surface area (Å²) in [7, 11) is 0. The van der Waals surface area contributed by atoms with Crippen LogP contribution in [-0.2, 0) is 13.0 Å². The summed E-state index contributed by atoms with van der Waals surface area (Å²) in [6.07, 6.45) is -2.50. The van der Waals surface area contributed by atoms with Crippen LogP contribution in [0.3, 0.4) is 0 Å². The second-order valence-corrected chi connectivity index (χ2v) is 5.83. The Hall–Kier alpha value is -0.660. The lowest BCUT2D eigenvalue weighted by molar-refractivity contribution is -0.187. The average molecular weight is 293 g/mol. The van der Waals surface area contributed by atoms with Crippen LogP contribution in [0.1, 0.15) is 23.5 Å². The largest absolute Gasteiger partial charge is 0.393 e. The maximum atomic E-state index is 12.7. The first kappa shape index (κ1) is 14.7. The summed E-state index contributed by atoms with van der Waals surface area (Å²) in [6.45, 7) is 1.87. The van der Waals surface area contributed by atoms with Crippen LogP contribution >= 0.6 is 11.3 Å². The average Bonchev–Trinajstić information content (AvgIpc) is 2.76. The van der Waals surface area contributed by atoms with E-state index < -0.39 is 12.1 Å². The Morgan fingerprint density at radius 3 is 2.95 bits per heavy atom. The van der Waals surface area contributed by atoms with Gasteiger partial charge in [0.25, 0.3) is 0 Å². The van der Waals surface area contributed by atoms with Crippen LogP contribution in [0.4, 0.5) is 13.2 Å². The van der Waals surface area contributed by atoms with Crippen molar-refractivity contribution in [2.75, 3.05) is 19.6 Å². The zero-order chi connectivity index (χ0) is 13.9. The summed E-state index contributed by atoms with van der Waals surface area (Å²) in [5, 5.41) is 2.88. The van der Waals surface area contributed by atoms with Gasteiger partial charge >= 0.3 is 6.18 Å². The molecule has 2 heterocycles. The fourth-order valence-corrected chi connectivity index (χ4v) is 3.16. The van der Waals surface area contributed by atoms with E-state index in [1.54, 1.807) is 0 Å². The third kappa shape index (κ3) is 4.15. The first-order valence-corrected chi connectivity index (χ1v) is 7.29. The van der Waals surface area contributed by atoms with Gasteiger partial charge in [-0.25, -0.2) is 4.98 Å². The van der Waals surface area contributed by atoms with Crippen LogP contribution in [0.5, 0.6) is 0 Å². The van der Waals surface area contributed by atoms with Gasteiger partial charge in [0.15, 0.2) is 0 Å². The van der Waals surface area contributed by atoms with E-state index >= 15 is 0 Å². The summed E-state index contributed by atoms with van der Waals surface area (Å²) in [4.78, 5) is 6.25. The van der Waals surface area contributed by atoms with Crippen molar-refractivity contribution in [2.24, 2.45) is 11.7 Å². The highest BCUT2D eigenvalue weighted by Gasteiger charge is 2.41. The van der Waals surface area contributed by atoms with Crippen molar-refractivity contribution in [3.8, 4) is 0 Å². The molecule has 0 aromatic carbocycles. The molecule has 0 saturated carbocycles. The number of likely N-dealkylation sites (tertiary alicyclic amines) is 1. The van der Waals surface area contributed by atoms with Gasteiger partial charge < -0.3 is 5.73 Å². The molecule has 7 heteroatoms. The number of hydrogen-bond acceptors (Lipinski definition) is 4. The first-order valence-electron chi connectivity index (χ1n) is 6.41. The fraction of sp³-hybridized carbons (Fsp3) is 0.750. The van der Waals surface area contributed by atoms with E-state index in [0.717, 1.165) is 23.7 Å². The summed E-state index contributed by atoms with van der Waals surface area (Å²) < 4.78 is 38.1. The van der Waals surface area contributed by atoms with Gasteiger partial charge in [-0.3, -0.25) is 4.90 Å². The molecular weight excluding hydrogens is 275 g/mol. The van der Waals surface area contributed by atoms with E-state index in [9.17, 15) is 13.2 Å². The molecular formula is C12H18F3N3S. The smallest absolute Gasteiger partial charge is 0.330 e. The van der Waals surface area contributed by atoms with Crippen LogP contribution < -0.4 is 5.73 Å². The molecule has 2 rings (SSSR count). The number of aromatic nitrogens is 1. The lowest BCUT2D eigenvalue weighted by atomic mass is 9.97. The van der Waals surface area contributed by atoms with Crippen molar-refractivity contribution < 1.29 is 13.2 Å². The molecule has 1 aliphatic rings. The van der Waals surface area contributed by atoms with Gasteiger partial charge in [0.2, 0.25) is 0 Å². The first-order chi connectivity index (χ1) is 8.99. The Labute approximate surface area is 114 Å². The molecule has 1 aromatic heterocycles. The third-order valence-electron chi connectivity index (χ3n) is 3.31. The number of nitrogens with zero attached hydrogens (tertiary/aromatic N) is 2. The number of piperidine rings is 1. The van der Waals surface area contributed by atoms with Gasteiger partial charge in [0, 0.05) is 24.9 Å². The van der Waals surface area contributed by atoms with Crippen molar-refractivity contribution in [1.82, 2.24) is 9.88 Å². The molecule has 108 valence electrons. The standard InChI is InChI=1S/C12H18F3N3S/c13-12(14,15)9-2-1-5-18(6-9)7-10-8-19-11(17-10)3-4-16/h8-9H,1-7,16H2. The van der Waals surface area contributed by atoms with E-state index in [0.29, 0.717) is 19.5 Å². The molecule has 0 bridgehead atoms. The molecule has 0 radical (unpaired) electrons. The maximum absolute atomic E-state index is 12.7. The molecule has 1 unspecified atom stereocenters. The molecule has 1 fully saturated rings. The van der Waals surface area contributed by atoms with Gasteiger partial charge in [-0.2, -0.15) is 13.2 Å². The SMILES string of the molecule is NCCc1nc(CN2CCCC(C(F)(F)F)C2)cs1. The van der Waals surface area contributed by atoms with Crippen LogP contribution in [0, 0.1) is 5.92 Å². The molecule has 0 amide bonds. The lowest BCUT2D eigenvalue weighted by Crippen LogP contribution is -2.41. The fourth-order valence-electron chi connectivity index (χ4n) is 2.36. The van der Waals surface area contributed by atoms with Crippen molar-refractivity contribution >= 4 is 11.3 Å². The van der Waals surface area contributed by atoms with Crippen molar-refractivity contribution in [2.45, 2.75) is 32.0 Å². The molecule has 0 aliphatic carbocycles. The highest BCUT2D eigenvalue weighted by molar-refractivity contribution is 7.09. The molecule has 1 saturated heterocycles. The highest BCUT2D eigenvalue weighted by atomic mass is 32.1. The predicted molar refractivity (Wildman–Crippen MR) is 68.9 cm³/mol. The van der Waals surface area contributed by atoms with Crippen LogP contribution in [0.15, 0.2) is 5.38 Å². The molecule has 1 atom stereocenters. The van der Waals surface area contributed by atoms with Gasteiger partial charge in [0.1, 0.15) is 0 Å². The van der Waals surface area contributed by atoms with Crippen LogP contribution in [-0.4, -0.2) is 35.7 Å².